The van der Waals surface area contributed by atoms with Crippen molar-refractivity contribution in [3.8, 4) is 6.07 Å². The monoisotopic (exact) mass is 468 g/mol. The molecule has 1 aliphatic carbocycles. The molecule has 0 bridgehead atoms. The molecule has 1 aromatic carbocycles. The molecule has 32 heavy (non-hydrogen) atoms. The van der Waals surface area contributed by atoms with Crippen LogP contribution in [0.3, 0.4) is 0 Å². The topological polar surface area (TPSA) is 139 Å². The molecule has 9 nitrogen and oxygen atoms in total. The number of Topliss-reactive ketones (excluding diaryl/α,β-unsaturated/α-hetero) is 1. The molecule has 0 fully saturated rings. The Balaban J connectivity index is 1.98. The van der Waals surface area contributed by atoms with Crippen LogP contribution >= 0.6 is 23.1 Å². The highest BCUT2D eigenvalue weighted by molar-refractivity contribution is 8.00. The van der Waals surface area contributed by atoms with Crippen molar-refractivity contribution in [1.29, 1.82) is 5.26 Å². The summed E-state index contributed by atoms with van der Waals surface area (Å²) in [6, 6.07) is 8.18. The SMILES string of the molecule is CSc1nnc(N2C(N)=C(C#N)C(c3cccc([N+](=O)[O-])c3)C3=C2CC(C)(C)CC3=O)s1. The minimum atomic E-state index is -0.775. The van der Waals surface area contributed by atoms with Crippen LogP contribution in [-0.2, 0) is 4.79 Å². The van der Waals surface area contributed by atoms with Crippen LogP contribution in [0.15, 0.2) is 51.3 Å². The number of hydrogen-bond acceptors (Lipinski definition) is 10. The zero-order chi connectivity index (χ0) is 23.2. The number of nitrogens with two attached hydrogens (primary N) is 1. The van der Waals surface area contributed by atoms with E-state index in [0.29, 0.717) is 34.8 Å². The van der Waals surface area contributed by atoms with Crippen LogP contribution in [0.25, 0.3) is 0 Å². The molecule has 2 heterocycles. The number of thioether (sulfide) groups is 1. The normalized spacial score (nSPS) is 20.2. The molecule has 1 unspecified atom stereocenters. The van der Waals surface area contributed by atoms with E-state index in [1.165, 1.54) is 35.2 Å². The fraction of sp³-hybridized carbons (Fsp3) is 0.333. The van der Waals surface area contributed by atoms with Gasteiger partial charge < -0.3 is 5.73 Å². The Morgan fingerprint density at radius 3 is 2.75 bits per heavy atom. The zero-order valence-electron chi connectivity index (χ0n) is 17.7. The lowest BCUT2D eigenvalue weighted by Crippen LogP contribution is -2.42. The first-order chi connectivity index (χ1) is 15.2. The van der Waals surface area contributed by atoms with Gasteiger partial charge in [-0.15, -0.1) is 10.2 Å². The number of nitrogens with zero attached hydrogens (tertiary/aromatic N) is 5. The number of aromatic nitrogens is 2. The van der Waals surface area contributed by atoms with E-state index < -0.39 is 10.8 Å². The number of benzene rings is 1. The maximum Gasteiger partial charge on any atom is 0.269 e. The number of ketones is 1. The standard InChI is InChI=1S/C21H20N6O3S2/c1-21(2)8-14-17(15(28)9-21)16(11-5-4-6-12(7-11)27(29)30)13(10-22)18(23)26(14)19-24-25-20(31-3)32-19/h4-7,16H,8-9,23H2,1-3H3. The van der Waals surface area contributed by atoms with E-state index in [2.05, 4.69) is 16.3 Å². The Morgan fingerprint density at radius 2 is 2.12 bits per heavy atom. The van der Waals surface area contributed by atoms with Crippen LogP contribution < -0.4 is 10.6 Å². The summed E-state index contributed by atoms with van der Waals surface area (Å²) in [5, 5.41) is 30.3. The third-order valence-electron chi connectivity index (χ3n) is 5.56. The molecule has 0 spiro atoms. The van der Waals surface area contributed by atoms with Gasteiger partial charge in [-0.2, -0.15) is 5.26 Å². The van der Waals surface area contributed by atoms with E-state index in [9.17, 15) is 20.2 Å². The van der Waals surface area contributed by atoms with Gasteiger partial charge in [-0.25, -0.2) is 0 Å². The first-order valence-electron chi connectivity index (χ1n) is 9.75. The Labute approximate surface area is 192 Å². The zero-order valence-corrected chi connectivity index (χ0v) is 19.3. The lowest BCUT2D eigenvalue weighted by Gasteiger charge is -2.42. The van der Waals surface area contributed by atoms with E-state index in [-0.39, 0.29) is 28.3 Å². The van der Waals surface area contributed by atoms with Crippen molar-refractivity contribution in [3.05, 3.63) is 62.6 Å². The Morgan fingerprint density at radius 1 is 1.38 bits per heavy atom. The molecule has 1 atom stereocenters. The molecule has 0 radical (unpaired) electrons. The fourth-order valence-electron chi connectivity index (χ4n) is 4.25. The molecule has 2 aliphatic rings. The first kappa shape index (κ1) is 22.0. The maximum absolute atomic E-state index is 13.4. The second-order valence-corrected chi connectivity index (χ2v) is 10.4. The summed E-state index contributed by atoms with van der Waals surface area (Å²) >= 11 is 2.77. The minimum absolute atomic E-state index is 0.104. The molecule has 11 heteroatoms. The van der Waals surface area contributed by atoms with Crippen molar-refractivity contribution < 1.29 is 9.72 Å². The number of nitro benzene ring substituents is 1. The highest BCUT2D eigenvalue weighted by Gasteiger charge is 2.45. The van der Waals surface area contributed by atoms with Crippen molar-refractivity contribution in [2.45, 2.75) is 36.9 Å². The molecule has 0 amide bonds. The molecule has 164 valence electrons. The highest BCUT2D eigenvalue weighted by atomic mass is 32.2. The van der Waals surface area contributed by atoms with Gasteiger partial charge in [-0.3, -0.25) is 19.8 Å². The molecule has 2 N–H and O–H groups in total. The lowest BCUT2D eigenvalue weighted by atomic mass is 9.68. The van der Waals surface area contributed by atoms with Crippen molar-refractivity contribution in [2.75, 3.05) is 11.2 Å². The van der Waals surface area contributed by atoms with Gasteiger partial charge >= 0.3 is 0 Å². The first-order valence-corrected chi connectivity index (χ1v) is 11.8. The maximum atomic E-state index is 13.4. The van der Waals surface area contributed by atoms with Crippen LogP contribution in [0.1, 0.15) is 38.2 Å². The Bertz CT molecular complexity index is 1240. The van der Waals surface area contributed by atoms with Gasteiger partial charge in [0.1, 0.15) is 5.82 Å². The van der Waals surface area contributed by atoms with Crippen LogP contribution in [0, 0.1) is 26.9 Å². The van der Waals surface area contributed by atoms with Gasteiger partial charge in [-0.05, 0) is 23.7 Å². The Kier molecular flexibility index (Phi) is 5.52. The van der Waals surface area contributed by atoms with Crippen molar-refractivity contribution in [1.82, 2.24) is 10.2 Å². The molecule has 0 saturated carbocycles. The summed E-state index contributed by atoms with van der Waals surface area (Å²) in [6.07, 6.45) is 2.72. The number of rotatable bonds is 4. The molecule has 2 aromatic rings. The average molecular weight is 469 g/mol. The van der Waals surface area contributed by atoms with E-state index in [1.807, 2.05) is 20.1 Å². The van der Waals surface area contributed by atoms with E-state index >= 15 is 0 Å². The number of hydrogen-bond donors (Lipinski definition) is 1. The summed E-state index contributed by atoms with van der Waals surface area (Å²) < 4.78 is 0.732. The third-order valence-corrected chi connectivity index (χ3v) is 7.44. The summed E-state index contributed by atoms with van der Waals surface area (Å²) in [5.74, 6) is -0.715. The van der Waals surface area contributed by atoms with Gasteiger partial charge in [-0.1, -0.05) is 49.1 Å². The van der Waals surface area contributed by atoms with Crippen LogP contribution in [0.2, 0.25) is 0 Å². The Hall–Kier alpha value is -3.23. The third kappa shape index (κ3) is 3.65. The highest BCUT2D eigenvalue weighted by Crippen LogP contribution is 2.50. The molecule has 1 aromatic heterocycles. The van der Waals surface area contributed by atoms with E-state index in [0.717, 1.165) is 4.34 Å². The van der Waals surface area contributed by atoms with Crippen molar-refractivity contribution in [2.24, 2.45) is 11.1 Å². The molecule has 0 saturated heterocycles. The predicted molar refractivity (Wildman–Crippen MR) is 122 cm³/mol. The van der Waals surface area contributed by atoms with Gasteiger partial charge in [0, 0.05) is 29.8 Å². The smallest absolute Gasteiger partial charge is 0.269 e. The van der Waals surface area contributed by atoms with Crippen LogP contribution in [0.5, 0.6) is 0 Å². The number of allylic oxidation sites excluding steroid dienone is 3. The van der Waals surface area contributed by atoms with E-state index in [1.54, 1.807) is 17.0 Å². The van der Waals surface area contributed by atoms with Crippen LogP contribution in [0.4, 0.5) is 10.8 Å². The number of nitriles is 1. The molecule has 1 aliphatic heterocycles. The fourth-order valence-corrected chi connectivity index (χ4v) is 5.55. The lowest BCUT2D eigenvalue weighted by molar-refractivity contribution is -0.384. The number of carbonyl (C=O) groups is 1. The largest absolute Gasteiger partial charge is 0.384 e. The molecular weight excluding hydrogens is 448 g/mol. The number of anilines is 1. The van der Waals surface area contributed by atoms with Crippen LogP contribution in [-0.4, -0.2) is 27.2 Å². The predicted octanol–water partition coefficient (Wildman–Crippen LogP) is 4.11. The number of non-ortho nitro benzene ring substituents is 1. The second kappa shape index (κ2) is 8.03. The number of nitro groups is 1. The minimum Gasteiger partial charge on any atom is -0.384 e. The summed E-state index contributed by atoms with van der Waals surface area (Å²) in [7, 11) is 0. The van der Waals surface area contributed by atoms with Gasteiger partial charge in [0.2, 0.25) is 5.13 Å². The van der Waals surface area contributed by atoms with Crippen molar-refractivity contribution in [3.63, 3.8) is 0 Å². The summed E-state index contributed by atoms with van der Waals surface area (Å²) in [6.45, 7) is 4.00. The summed E-state index contributed by atoms with van der Waals surface area (Å²) in [5.41, 5.74) is 7.85. The van der Waals surface area contributed by atoms with Gasteiger partial charge in [0.25, 0.3) is 5.69 Å². The number of carbonyl (C=O) groups excluding carboxylic acids is 1. The van der Waals surface area contributed by atoms with Crippen molar-refractivity contribution >= 4 is 39.7 Å². The van der Waals surface area contributed by atoms with E-state index in [4.69, 9.17) is 5.73 Å². The second-order valence-electron chi connectivity index (χ2n) is 8.39. The average Bonchev–Trinajstić information content (AvgIpc) is 3.20. The quantitative estimate of drug-likeness (QED) is 0.399. The van der Waals surface area contributed by atoms with Gasteiger partial charge in [0.05, 0.1) is 22.5 Å². The summed E-state index contributed by atoms with van der Waals surface area (Å²) in [4.78, 5) is 25.9. The molecular formula is C21H20N6O3S2. The molecule has 4 rings (SSSR count). The van der Waals surface area contributed by atoms with Gasteiger partial charge in [0.15, 0.2) is 10.1 Å².